The number of nitrogens with zero attached hydrogens (tertiary/aromatic N) is 5. The molecule has 2 aromatic heterocycles. The zero-order valence-corrected chi connectivity index (χ0v) is 17.2. The minimum absolute atomic E-state index is 0.0460. The summed E-state index contributed by atoms with van der Waals surface area (Å²) in [5.74, 6) is 1.91. The van der Waals surface area contributed by atoms with Gasteiger partial charge in [-0.15, -0.1) is 0 Å². The summed E-state index contributed by atoms with van der Waals surface area (Å²) in [5.41, 5.74) is 1.50. The second-order valence-corrected chi connectivity index (χ2v) is 8.57. The van der Waals surface area contributed by atoms with Crippen LogP contribution in [0.5, 0.6) is 0 Å². The van der Waals surface area contributed by atoms with E-state index in [9.17, 15) is 4.79 Å². The van der Waals surface area contributed by atoms with Gasteiger partial charge in [0, 0.05) is 31.3 Å². The van der Waals surface area contributed by atoms with Gasteiger partial charge in [0.1, 0.15) is 5.76 Å². The second-order valence-electron chi connectivity index (χ2n) is 8.57. The van der Waals surface area contributed by atoms with E-state index in [0.29, 0.717) is 17.3 Å². The molecule has 0 N–H and O–H groups in total. The van der Waals surface area contributed by atoms with Crippen LogP contribution in [-0.2, 0) is 0 Å². The molecule has 0 saturated carbocycles. The summed E-state index contributed by atoms with van der Waals surface area (Å²) in [4.78, 5) is 21.5. The maximum Gasteiger partial charge on any atom is 0.276 e. The lowest BCUT2D eigenvalue weighted by molar-refractivity contribution is 0.0583. The SMILES string of the molecule is Cc1cc(C(=O)N2CCC3(CC2)CC(c2noc(-c4ccccc4)n2)N(C)C3)no1. The Hall–Kier alpha value is -3.00. The second kappa shape index (κ2) is 7.36. The lowest BCUT2D eigenvalue weighted by atomic mass is 9.76. The molecule has 1 spiro atoms. The van der Waals surface area contributed by atoms with Crippen LogP contribution in [-0.4, -0.2) is 57.7 Å². The molecule has 3 aromatic rings. The van der Waals surface area contributed by atoms with Crippen LogP contribution in [0.4, 0.5) is 0 Å². The van der Waals surface area contributed by atoms with Crippen LogP contribution in [0, 0.1) is 12.3 Å². The van der Waals surface area contributed by atoms with Crippen molar-refractivity contribution < 1.29 is 13.8 Å². The number of amides is 1. The molecule has 1 aromatic carbocycles. The van der Waals surface area contributed by atoms with E-state index in [2.05, 4.69) is 27.2 Å². The first-order valence-corrected chi connectivity index (χ1v) is 10.3. The molecule has 2 aliphatic rings. The number of hydrogen-bond acceptors (Lipinski definition) is 7. The van der Waals surface area contributed by atoms with Gasteiger partial charge in [-0.2, -0.15) is 4.98 Å². The molecule has 0 aliphatic carbocycles. The van der Waals surface area contributed by atoms with E-state index in [-0.39, 0.29) is 17.4 Å². The van der Waals surface area contributed by atoms with Crippen molar-refractivity contribution in [3.8, 4) is 11.5 Å². The maximum absolute atomic E-state index is 12.7. The summed E-state index contributed by atoms with van der Waals surface area (Å²) in [5, 5.41) is 8.15. The number of carbonyl (C=O) groups is 1. The van der Waals surface area contributed by atoms with Crippen LogP contribution >= 0.6 is 0 Å². The van der Waals surface area contributed by atoms with Crippen LogP contribution < -0.4 is 0 Å². The smallest absolute Gasteiger partial charge is 0.276 e. The lowest BCUT2D eigenvalue weighted by Gasteiger charge is -2.39. The molecule has 2 fully saturated rings. The van der Waals surface area contributed by atoms with Crippen molar-refractivity contribution in [1.82, 2.24) is 25.1 Å². The van der Waals surface area contributed by atoms with Gasteiger partial charge in [-0.1, -0.05) is 28.5 Å². The fourth-order valence-corrected chi connectivity index (χ4v) is 4.80. The van der Waals surface area contributed by atoms with Gasteiger partial charge in [0.2, 0.25) is 0 Å². The Labute approximate surface area is 174 Å². The van der Waals surface area contributed by atoms with Crippen molar-refractivity contribution in [3.05, 3.63) is 53.7 Å². The average molecular weight is 407 g/mol. The van der Waals surface area contributed by atoms with Gasteiger partial charge >= 0.3 is 0 Å². The van der Waals surface area contributed by atoms with E-state index < -0.39 is 0 Å². The summed E-state index contributed by atoms with van der Waals surface area (Å²) in [6.45, 7) is 4.22. The zero-order chi connectivity index (χ0) is 20.7. The highest BCUT2D eigenvalue weighted by Gasteiger charge is 2.46. The predicted octanol–water partition coefficient (Wildman–Crippen LogP) is 3.33. The molecule has 1 atom stereocenters. The molecule has 30 heavy (non-hydrogen) atoms. The van der Waals surface area contributed by atoms with Gasteiger partial charge in [-0.3, -0.25) is 9.69 Å². The average Bonchev–Trinajstić information content (AvgIpc) is 3.48. The van der Waals surface area contributed by atoms with Gasteiger partial charge < -0.3 is 13.9 Å². The third kappa shape index (κ3) is 3.41. The number of carbonyl (C=O) groups excluding carboxylic acids is 1. The number of rotatable bonds is 3. The molecule has 5 rings (SSSR count). The molecule has 1 amide bonds. The van der Waals surface area contributed by atoms with Crippen LogP contribution in [0.25, 0.3) is 11.5 Å². The predicted molar refractivity (Wildman–Crippen MR) is 109 cm³/mol. The number of likely N-dealkylation sites (tertiary alicyclic amines) is 2. The fraction of sp³-hybridized carbons (Fsp3) is 0.455. The molecule has 1 unspecified atom stereocenters. The van der Waals surface area contributed by atoms with E-state index in [1.165, 1.54) is 0 Å². The summed E-state index contributed by atoms with van der Waals surface area (Å²) in [7, 11) is 2.12. The Morgan fingerprint density at radius 2 is 1.90 bits per heavy atom. The highest BCUT2D eigenvalue weighted by atomic mass is 16.5. The van der Waals surface area contributed by atoms with E-state index in [1.54, 1.807) is 13.0 Å². The largest absolute Gasteiger partial charge is 0.361 e. The molecule has 8 heteroatoms. The Morgan fingerprint density at radius 1 is 1.13 bits per heavy atom. The number of aryl methyl sites for hydroxylation is 1. The van der Waals surface area contributed by atoms with Gasteiger partial charge in [0.25, 0.3) is 11.8 Å². The van der Waals surface area contributed by atoms with Crippen molar-refractivity contribution in [3.63, 3.8) is 0 Å². The van der Waals surface area contributed by atoms with Crippen molar-refractivity contribution in [2.45, 2.75) is 32.2 Å². The van der Waals surface area contributed by atoms with Crippen molar-refractivity contribution in [2.24, 2.45) is 5.41 Å². The standard InChI is InChI=1S/C22H25N5O3/c1-15-12-17(24-29-15)21(28)27-10-8-22(9-11-27)13-18(26(2)14-22)19-23-20(30-25-19)16-6-4-3-5-7-16/h3-7,12,18H,8-11,13-14H2,1-2H3. The normalized spacial score (nSPS) is 21.4. The number of piperidine rings is 1. The van der Waals surface area contributed by atoms with E-state index in [0.717, 1.165) is 50.3 Å². The summed E-state index contributed by atoms with van der Waals surface area (Å²) < 4.78 is 10.6. The van der Waals surface area contributed by atoms with Gasteiger partial charge in [-0.05, 0) is 50.8 Å². The zero-order valence-electron chi connectivity index (χ0n) is 17.2. The van der Waals surface area contributed by atoms with Gasteiger partial charge in [0.05, 0.1) is 6.04 Å². The summed E-state index contributed by atoms with van der Waals surface area (Å²) in [6, 6.07) is 11.7. The lowest BCUT2D eigenvalue weighted by Crippen LogP contribution is -2.44. The van der Waals surface area contributed by atoms with Gasteiger partial charge in [-0.25, -0.2) is 0 Å². The first-order chi connectivity index (χ1) is 14.5. The van der Waals surface area contributed by atoms with Crippen LogP contribution in [0.3, 0.4) is 0 Å². The topological polar surface area (TPSA) is 88.5 Å². The Kier molecular flexibility index (Phi) is 4.66. The number of benzene rings is 1. The molecular weight excluding hydrogens is 382 g/mol. The molecule has 2 saturated heterocycles. The summed E-state index contributed by atoms with van der Waals surface area (Å²) in [6.07, 6.45) is 2.89. The highest BCUT2D eigenvalue weighted by molar-refractivity contribution is 5.92. The van der Waals surface area contributed by atoms with Crippen LogP contribution in [0.15, 0.2) is 45.4 Å². The fourth-order valence-electron chi connectivity index (χ4n) is 4.80. The third-order valence-electron chi connectivity index (χ3n) is 6.46. The molecule has 2 aliphatic heterocycles. The molecule has 0 bridgehead atoms. The quantitative estimate of drug-likeness (QED) is 0.658. The van der Waals surface area contributed by atoms with Crippen molar-refractivity contribution in [1.29, 1.82) is 0 Å². The van der Waals surface area contributed by atoms with Crippen molar-refractivity contribution >= 4 is 5.91 Å². The number of aromatic nitrogens is 3. The highest BCUT2D eigenvalue weighted by Crippen LogP contribution is 2.48. The Morgan fingerprint density at radius 3 is 2.60 bits per heavy atom. The summed E-state index contributed by atoms with van der Waals surface area (Å²) >= 11 is 0. The van der Waals surface area contributed by atoms with Crippen LogP contribution in [0.1, 0.15) is 47.4 Å². The first kappa shape index (κ1) is 19.0. The minimum Gasteiger partial charge on any atom is -0.361 e. The minimum atomic E-state index is -0.0460. The van der Waals surface area contributed by atoms with E-state index in [4.69, 9.17) is 9.05 Å². The Bertz CT molecular complexity index is 1040. The monoisotopic (exact) mass is 407 g/mol. The molecular formula is C22H25N5O3. The first-order valence-electron chi connectivity index (χ1n) is 10.3. The molecule has 4 heterocycles. The molecule has 8 nitrogen and oxygen atoms in total. The van der Waals surface area contributed by atoms with Gasteiger partial charge in [0.15, 0.2) is 11.5 Å². The third-order valence-corrected chi connectivity index (χ3v) is 6.46. The van der Waals surface area contributed by atoms with Crippen molar-refractivity contribution in [2.75, 3.05) is 26.7 Å². The van der Waals surface area contributed by atoms with E-state index >= 15 is 0 Å². The van der Waals surface area contributed by atoms with Crippen LogP contribution in [0.2, 0.25) is 0 Å². The Balaban J connectivity index is 1.26. The molecule has 156 valence electrons. The molecule has 0 radical (unpaired) electrons. The number of hydrogen-bond donors (Lipinski definition) is 0. The van der Waals surface area contributed by atoms with E-state index in [1.807, 2.05) is 35.2 Å². The maximum atomic E-state index is 12.7.